The molecule has 0 unspecified atom stereocenters. The van der Waals surface area contributed by atoms with E-state index in [2.05, 4.69) is 5.32 Å². The van der Waals surface area contributed by atoms with Crippen molar-refractivity contribution in [2.24, 2.45) is 0 Å². The van der Waals surface area contributed by atoms with Crippen LogP contribution in [0, 0.1) is 0 Å². The molecule has 1 saturated heterocycles. The smallest absolute Gasteiger partial charge is 0.257 e. The summed E-state index contributed by atoms with van der Waals surface area (Å²) in [7, 11) is -1.84. The van der Waals surface area contributed by atoms with Crippen LogP contribution >= 0.6 is 0 Å². The maximum Gasteiger partial charge on any atom is 0.257 e. The Bertz CT molecular complexity index is 921. The van der Waals surface area contributed by atoms with Crippen molar-refractivity contribution in [3.05, 3.63) is 54.1 Å². The Morgan fingerprint density at radius 2 is 1.60 bits per heavy atom. The van der Waals surface area contributed by atoms with Crippen LogP contribution in [-0.2, 0) is 21.2 Å². The average Bonchev–Trinajstić information content (AvgIpc) is 2.79. The number of hydrogen-bond donors (Lipinski definition) is 1. The minimum absolute atomic E-state index is 0.124. The molecule has 0 bridgehead atoms. The fourth-order valence-electron chi connectivity index (χ4n) is 3.30. The van der Waals surface area contributed by atoms with E-state index >= 15 is 0 Å². The Hall–Kier alpha value is -2.58. The molecule has 1 amide bonds. The van der Waals surface area contributed by atoms with Gasteiger partial charge < -0.3 is 14.8 Å². The summed E-state index contributed by atoms with van der Waals surface area (Å²) in [5.41, 5.74) is 1.10. The van der Waals surface area contributed by atoms with Crippen molar-refractivity contribution in [1.82, 2.24) is 9.62 Å². The molecular formula is C22H28N2O5S. The summed E-state index contributed by atoms with van der Waals surface area (Å²) < 4.78 is 37.4. The lowest BCUT2D eigenvalue weighted by Gasteiger charge is -2.25. The van der Waals surface area contributed by atoms with Gasteiger partial charge in [-0.15, -0.1) is 0 Å². The number of hydrogen-bond acceptors (Lipinski definition) is 5. The highest BCUT2D eigenvalue weighted by atomic mass is 32.2. The summed E-state index contributed by atoms with van der Waals surface area (Å²) in [5.74, 6) is 1.03. The Balaban J connectivity index is 1.43. The number of nitrogens with zero attached hydrogens (tertiary/aromatic N) is 1. The number of piperidine rings is 1. The number of sulfonamides is 1. The minimum Gasteiger partial charge on any atom is -0.497 e. The van der Waals surface area contributed by atoms with E-state index in [4.69, 9.17) is 9.47 Å². The fraction of sp³-hybridized carbons (Fsp3) is 0.409. The number of nitrogens with one attached hydrogen (secondary N) is 1. The molecule has 1 fully saturated rings. The first-order chi connectivity index (χ1) is 14.5. The first kappa shape index (κ1) is 22.1. The van der Waals surface area contributed by atoms with Gasteiger partial charge in [0.2, 0.25) is 10.0 Å². The molecule has 1 heterocycles. The Labute approximate surface area is 178 Å². The molecule has 0 atom stereocenters. The van der Waals surface area contributed by atoms with Gasteiger partial charge >= 0.3 is 0 Å². The highest BCUT2D eigenvalue weighted by Gasteiger charge is 2.25. The highest BCUT2D eigenvalue weighted by molar-refractivity contribution is 7.89. The molecule has 7 nitrogen and oxygen atoms in total. The lowest BCUT2D eigenvalue weighted by molar-refractivity contribution is -0.123. The standard InChI is InChI=1S/C22H28N2O5S/c1-28-19-7-5-18(6-8-19)13-14-23-22(25)17-29-20-9-11-21(12-10-20)30(26,27)24-15-3-2-4-16-24/h5-12H,2-4,13-17H2,1H3,(H,23,25). The van der Waals surface area contributed by atoms with Crippen molar-refractivity contribution >= 4 is 15.9 Å². The van der Waals surface area contributed by atoms with Gasteiger partial charge in [-0.3, -0.25) is 4.79 Å². The molecule has 0 radical (unpaired) electrons. The fourth-order valence-corrected chi connectivity index (χ4v) is 4.82. The van der Waals surface area contributed by atoms with E-state index in [0.717, 1.165) is 30.6 Å². The summed E-state index contributed by atoms with van der Waals surface area (Å²) in [6, 6.07) is 13.9. The van der Waals surface area contributed by atoms with Crippen molar-refractivity contribution < 1.29 is 22.7 Å². The lowest BCUT2D eigenvalue weighted by atomic mass is 10.1. The number of methoxy groups -OCH3 is 1. The maximum absolute atomic E-state index is 12.6. The van der Waals surface area contributed by atoms with Crippen LogP contribution in [0.2, 0.25) is 0 Å². The van der Waals surface area contributed by atoms with E-state index in [1.54, 1.807) is 19.2 Å². The predicted molar refractivity (Wildman–Crippen MR) is 114 cm³/mol. The molecule has 1 N–H and O–H groups in total. The second-order valence-corrected chi connectivity index (χ2v) is 9.11. The zero-order valence-corrected chi connectivity index (χ0v) is 18.0. The number of carbonyl (C=O) groups excluding carboxylic acids is 1. The van der Waals surface area contributed by atoms with Gasteiger partial charge in [-0.2, -0.15) is 4.31 Å². The van der Waals surface area contributed by atoms with Crippen molar-refractivity contribution in [2.45, 2.75) is 30.6 Å². The van der Waals surface area contributed by atoms with Crippen LogP contribution in [0.15, 0.2) is 53.4 Å². The molecular weight excluding hydrogens is 404 g/mol. The van der Waals surface area contributed by atoms with Crippen LogP contribution in [0.1, 0.15) is 24.8 Å². The third kappa shape index (κ3) is 5.96. The second-order valence-electron chi connectivity index (χ2n) is 7.17. The first-order valence-electron chi connectivity index (χ1n) is 10.1. The van der Waals surface area contributed by atoms with Crippen molar-refractivity contribution in [2.75, 3.05) is 33.4 Å². The van der Waals surface area contributed by atoms with Crippen molar-refractivity contribution in [3.63, 3.8) is 0 Å². The molecule has 1 aliphatic heterocycles. The Morgan fingerprint density at radius 1 is 0.967 bits per heavy atom. The minimum atomic E-state index is -3.46. The molecule has 8 heteroatoms. The summed E-state index contributed by atoms with van der Waals surface area (Å²) in [6.07, 6.45) is 3.57. The van der Waals surface area contributed by atoms with Crippen LogP contribution in [0.5, 0.6) is 11.5 Å². The van der Waals surface area contributed by atoms with Crippen LogP contribution in [0.3, 0.4) is 0 Å². The van der Waals surface area contributed by atoms with E-state index < -0.39 is 10.0 Å². The normalized spacial score (nSPS) is 14.8. The van der Waals surface area contributed by atoms with Gasteiger partial charge in [-0.25, -0.2) is 8.42 Å². The van der Waals surface area contributed by atoms with Gasteiger partial charge in [0.05, 0.1) is 12.0 Å². The van der Waals surface area contributed by atoms with E-state index in [1.165, 1.54) is 16.4 Å². The van der Waals surface area contributed by atoms with Crippen LogP contribution in [-0.4, -0.2) is 52.0 Å². The number of carbonyl (C=O) groups is 1. The van der Waals surface area contributed by atoms with Crippen LogP contribution in [0.25, 0.3) is 0 Å². The lowest BCUT2D eigenvalue weighted by Crippen LogP contribution is -2.35. The van der Waals surface area contributed by atoms with E-state index in [0.29, 0.717) is 31.8 Å². The quantitative estimate of drug-likeness (QED) is 0.658. The summed E-state index contributed by atoms with van der Waals surface area (Å²) >= 11 is 0. The molecule has 30 heavy (non-hydrogen) atoms. The average molecular weight is 433 g/mol. The maximum atomic E-state index is 12.6. The third-order valence-electron chi connectivity index (χ3n) is 5.04. The van der Waals surface area contributed by atoms with Gasteiger partial charge in [0.15, 0.2) is 6.61 Å². The largest absolute Gasteiger partial charge is 0.497 e. The first-order valence-corrected chi connectivity index (χ1v) is 11.6. The Morgan fingerprint density at radius 3 is 2.23 bits per heavy atom. The molecule has 2 aromatic rings. The topological polar surface area (TPSA) is 84.9 Å². The van der Waals surface area contributed by atoms with E-state index in [1.807, 2.05) is 24.3 Å². The second kappa shape index (κ2) is 10.4. The van der Waals surface area contributed by atoms with Crippen LogP contribution in [0.4, 0.5) is 0 Å². The van der Waals surface area contributed by atoms with Crippen molar-refractivity contribution in [3.8, 4) is 11.5 Å². The summed E-state index contributed by atoms with van der Waals surface area (Å²) in [5, 5.41) is 2.81. The predicted octanol–water partition coefficient (Wildman–Crippen LogP) is 2.61. The third-order valence-corrected chi connectivity index (χ3v) is 6.95. The number of ether oxygens (including phenoxy) is 2. The van der Waals surface area contributed by atoms with Gasteiger partial charge in [-0.1, -0.05) is 18.6 Å². The van der Waals surface area contributed by atoms with Gasteiger partial charge in [0.25, 0.3) is 5.91 Å². The number of benzene rings is 2. The summed E-state index contributed by atoms with van der Waals surface area (Å²) in [6.45, 7) is 1.51. The van der Waals surface area contributed by atoms with E-state index in [-0.39, 0.29) is 17.4 Å². The molecule has 2 aromatic carbocycles. The number of amides is 1. The zero-order chi connectivity index (χ0) is 21.4. The number of rotatable bonds is 9. The monoisotopic (exact) mass is 432 g/mol. The van der Waals surface area contributed by atoms with Gasteiger partial charge in [0, 0.05) is 19.6 Å². The zero-order valence-electron chi connectivity index (χ0n) is 17.2. The molecule has 0 spiro atoms. The molecule has 1 aliphatic rings. The van der Waals surface area contributed by atoms with Gasteiger partial charge in [0.1, 0.15) is 11.5 Å². The van der Waals surface area contributed by atoms with E-state index in [9.17, 15) is 13.2 Å². The molecule has 0 saturated carbocycles. The SMILES string of the molecule is COc1ccc(CCNC(=O)COc2ccc(S(=O)(=O)N3CCCCC3)cc2)cc1. The van der Waals surface area contributed by atoms with Gasteiger partial charge in [-0.05, 0) is 61.2 Å². The summed E-state index contributed by atoms with van der Waals surface area (Å²) in [4.78, 5) is 12.2. The molecule has 0 aliphatic carbocycles. The van der Waals surface area contributed by atoms with Crippen molar-refractivity contribution in [1.29, 1.82) is 0 Å². The Kier molecular flexibility index (Phi) is 7.70. The highest BCUT2D eigenvalue weighted by Crippen LogP contribution is 2.22. The molecule has 0 aromatic heterocycles. The molecule has 162 valence electrons. The van der Waals surface area contributed by atoms with Crippen LogP contribution < -0.4 is 14.8 Å². The molecule has 3 rings (SSSR count).